The van der Waals surface area contributed by atoms with Crippen LogP contribution in [0.4, 0.5) is 4.39 Å². The Morgan fingerprint density at radius 1 is 1.40 bits per heavy atom. The number of ether oxygens (including phenoxy) is 1. The maximum Gasteiger partial charge on any atom is 0.187 e. The Morgan fingerprint density at radius 2 is 2.10 bits per heavy atom. The van der Waals surface area contributed by atoms with Gasteiger partial charge in [0.1, 0.15) is 0 Å². The molecular formula is C15H22FN3O. The number of methoxy groups -OCH3 is 1. The second-order valence-corrected chi connectivity index (χ2v) is 6.04. The van der Waals surface area contributed by atoms with Crippen molar-refractivity contribution in [1.82, 2.24) is 14.8 Å². The third-order valence-corrected chi connectivity index (χ3v) is 4.58. The number of fused-ring (bicyclic) bond motifs is 2. The smallest absolute Gasteiger partial charge is 0.187 e. The van der Waals surface area contributed by atoms with E-state index < -0.39 is 0 Å². The minimum Gasteiger partial charge on any atom is -0.494 e. The van der Waals surface area contributed by atoms with Crippen LogP contribution in [0.15, 0.2) is 12.3 Å². The number of hydrogen-bond acceptors (Lipinski definition) is 4. The first-order valence-corrected chi connectivity index (χ1v) is 7.27. The minimum absolute atomic E-state index is 0.282. The Morgan fingerprint density at radius 3 is 2.70 bits per heavy atom. The number of aromatic nitrogens is 1. The van der Waals surface area contributed by atoms with Gasteiger partial charge in [-0.3, -0.25) is 14.8 Å². The molecule has 0 aromatic carbocycles. The van der Waals surface area contributed by atoms with Crippen molar-refractivity contribution in [3.63, 3.8) is 0 Å². The zero-order chi connectivity index (χ0) is 14.3. The van der Waals surface area contributed by atoms with Crippen molar-refractivity contribution in [3.05, 3.63) is 23.8 Å². The molecule has 2 fully saturated rings. The maximum atomic E-state index is 14.2. The largest absolute Gasteiger partial charge is 0.494 e. The van der Waals surface area contributed by atoms with Crippen molar-refractivity contribution in [2.24, 2.45) is 0 Å². The Kier molecular flexibility index (Phi) is 3.65. The number of likely N-dealkylation sites (tertiary alicyclic amines) is 2. The van der Waals surface area contributed by atoms with Gasteiger partial charge in [-0.15, -0.1) is 0 Å². The molecule has 2 saturated heterocycles. The quantitative estimate of drug-likeness (QED) is 0.841. The average molecular weight is 279 g/mol. The Labute approximate surface area is 119 Å². The predicted octanol–water partition coefficient (Wildman–Crippen LogP) is 1.90. The fourth-order valence-electron chi connectivity index (χ4n) is 3.31. The fraction of sp³-hybridized carbons (Fsp3) is 0.667. The first-order valence-electron chi connectivity index (χ1n) is 7.27. The van der Waals surface area contributed by atoms with Crippen LogP contribution in [0, 0.1) is 5.82 Å². The average Bonchev–Trinajstić information content (AvgIpc) is 2.46. The lowest BCUT2D eigenvalue weighted by Gasteiger charge is -2.57. The van der Waals surface area contributed by atoms with E-state index in [4.69, 9.17) is 4.74 Å². The summed E-state index contributed by atoms with van der Waals surface area (Å²) in [7, 11) is 1.49. The molecule has 4 nitrogen and oxygen atoms in total. The van der Waals surface area contributed by atoms with E-state index >= 15 is 0 Å². The van der Waals surface area contributed by atoms with E-state index in [9.17, 15) is 4.39 Å². The lowest BCUT2D eigenvalue weighted by Crippen LogP contribution is -2.69. The van der Waals surface area contributed by atoms with E-state index in [1.165, 1.54) is 13.5 Å². The normalized spacial score (nSPS) is 26.6. The first kappa shape index (κ1) is 13.8. The van der Waals surface area contributed by atoms with Gasteiger partial charge in [-0.25, -0.2) is 4.39 Å². The number of pyridine rings is 1. The molecule has 20 heavy (non-hydrogen) atoms. The molecule has 3 rings (SSSR count). The van der Waals surface area contributed by atoms with Crippen molar-refractivity contribution in [3.8, 4) is 5.75 Å². The van der Waals surface area contributed by atoms with Gasteiger partial charge in [-0.05, 0) is 20.3 Å². The Bertz CT molecular complexity index is 482. The summed E-state index contributed by atoms with van der Waals surface area (Å²) in [6.07, 6.45) is 2.85. The maximum absolute atomic E-state index is 14.2. The molecule has 1 aromatic heterocycles. The molecule has 0 saturated carbocycles. The minimum atomic E-state index is -0.319. The van der Waals surface area contributed by atoms with Gasteiger partial charge in [0, 0.05) is 50.0 Å². The first-order chi connectivity index (χ1) is 9.60. The lowest BCUT2D eigenvalue weighted by atomic mass is 9.86. The van der Waals surface area contributed by atoms with Crippen LogP contribution in [0.1, 0.15) is 26.0 Å². The van der Waals surface area contributed by atoms with Crippen molar-refractivity contribution in [2.75, 3.05) is 20.2 Å². The van der Waals surface area contributed by atoms with E-state index in [1.807, 2.05) is 0 Å². The van der Waals surface area contributed by atoms with Gasteiger partial charge in [-0.1, -0.05) is 0 Å². The van der Waals surface area contributed by atoms with Crippen LogP contribution in [0.2, 0.25) is 0 Å². The molecule has 0 radical (unpaired) electrons. The van der Waals surface area contributed by atoms with Gasteiger partial charge in [0.25, 0.3) is 0 Å². The highest BCUT2D eigenvalue weighted by molar-refractivity contribution is 5.26. The Balaban J connectivity index is 1.69. The zero-order valence-corrected chi connectivity index (χ0v) is 12.3. The summed E-state index contributed by atoms with van der Waals surface area (Å²) < 4.78 is 19.2. The molecule has 0 N–H and O–H groups in total. The van der Waals surface area contributed by atoms with Gasteiger partial charge in [0.15, 0.2) is 11.6 Å². The summed E-state index contributed by atoms with van der Waals surface area (Å²) in [6.45, 7) is 7.22. The van der Waals surface area contributed by atoms with Crippen LogP contribution < -0.4 is 4.74 Å². The molecule has 2 aliphatic rings. The molecule has 110 valence electrons. The van der Waals surface area contributed by atoms with Gasteiger partial charge in [-0.2, -0.15) is 0 Å². The van der Waals surface area contributed by atoms with Crippen LogP contribution in [0.3, 0.4) is 0 Å². The van der Waals surface area contributed by atoms with Crippen LogP contribution in [0.25, 0.3) is 0 Å². The van der Waals surface area contributed by atoms with Crippen LogP contribution >= 0.6 is 0 Å². The molecule has 0 spiro atoms. The Hall–Kier alpha value is -1.20. The van der Waals surface area contributed by atoms with Crippen molar-refractivity contribution < 1.29 is 9.13 Å². The van der Waals surface area contributed by atoms with E-state index in [1.54, 1.807) is 12.3 Å². The molecule has 2 unspecified atom stereocenters. The van der Waals surface area contributed by atoms with E-state index in [2.05, 4.69) is 28.6 Å². The van der Waals surface area contributed by atoms with Crippen LogP contribution in [0.5, 0.6) is 5.75 Å². The highest BCUT2D eigenvalue weighted by Crippen LogP contribution is 2.35. The predicted molar refractivity (Wildman–Crippen MR) is 75.2 cm³/mol. The standard InChI is InChI=1S/C15H22FN3O/c1-10(2)18-7-11-6-12(8-18)19(11)9-13-15(16)14(20-3)4-5-17-13/h4-5,10-12H,6-9H2,1-3H3. The number of hydrogen-bond donors (Lipinski definition) is 0. The second kappa shape index (κ2) is 5.30. The summed E-state index contributed by atoms with van der Waals surface area (Å²) in [6, 6.07) is 3.25. The van der Waals surface area contributed by atoms with E-state index in [0.29, 0.717) is 30.4 Å². The highest BCUT2D eigenvalue weighted by Gasteiger charge is 2.45. The fourth-order valence-corrected chi connectivity index (χ4v) is 3.31. The molecule has 2 aliphatic heterocycles. The van der Waals surface area contributed by atoms with Crippen molar-refractivity contribution in [1.29, 1.82) is 0 Å². The summed E-state index contributed by atoms with van der Waals surface area (Å²) in [4.78, 5) is 9.06. The van der Waals surface area contributed by atoms with Gasteiger partial charge < -0.3 is 4.74 Å². The van der Waals surface area contributed by atoms with E-state index in [0.717, 1.165) is 13.1 Å². The topological polar surface area (TPSA) is 28.6 Å². The third kappa shape index (κ3) is 2.29. The molecule has 2 bridgehead atoms. The third-order valence-electron chi connectivity index (χ3n) is 4.58. The van der Waals surface area contributed by atoms with E-state index in [-0.39, 0.29) is 11.6 Å². The van der Waals surface area contributed by atoms with Gasteiger partial charge in [0.05, 0.1) is 12.8 Å². The molecule has 3 heterocycles. The van der Waals surface area contributed by atoms with Crippen molar-refractivity contribution >= 4 is 0 Å². The second-order valence-electron chi connectivity index (χ2n) is 6.04. The summed E-state index contributed by atoms with van der Waals surface area (Å²) >= 11 is 0. The zero-order valence-electron chi connectivity index (χ0n) is 12.3. The number of halogens is 1. The molecule has 0 aliphatic carbocycles. The molecule has 2 atom stereocenters. The van der Waals surface area contributed by atoms with Crippen LogP contribution in [-0.4, -0.2) is 53.1 Å². The number of piperazine rings is 1. The van der Waals surface area contributed by atoms with Gasteiger partial charge in [0.2, 0.25) is 0 Å². The number of rotatable bonds is 4. The summed E-state index contributed by atoms with van der Waals surface area (Å²) in [5.41, 5.74) is 0.497. The highest BCUT2D eigenvalue weighted by atomic mass is 19.1. The molecule has 0 amide bonds. The lowest BCUT2D eigenvalue weighted by molar-refractivity contribution is -0.0846. The summed E-state index contributed by atoms with van der Waals surface area (Å²) in [5.74, 6) is -0.0369. The van der Waals surface area contributed by atoms with Gasteiger partial charge >= 0.3 is 0 Å². The SMILES string of the molecule is COc1ccnc(CN2C3CC2CN(C(C)C)C3)c1F. The molecule has 5 heteroatoms. The number of piperidine rings is 1. The molecule has 1 aromatic rings. The van der Waals surface area contributed by atoms with Crippen molar-refractivity contribution in [2.45, 2.75) is 44.9 Å². The number of nitrogens with zero attached hydrogens (tertiary/aromatic N) is 3. The molecular weight excluding hydrogens is 257 g/mol. The summed E-state index contributed by atoms with van der Waals surface area (Å²) in [5, 5.41) is 0. The van der Waals surface area contributed by atoms with Crippen LogP contribution in [-0.2, 0) is 6.54 Å². The monoisotopic (exact) mass is 279 g/mol.